The van der Waals surface area contributed by atoms with E-state index in [0.29, 0.717) is 6.42 Å². The SMILES string of the molecule is CC[C@@H](C(=O)NC(C)C)N(Cc1ccc(C)cc1)C(=O)COc1ccc([N+](=O)[O-])c(OC)c1. The molecule has 0 bridgehead atoms. The van der Waals surface area contributed by atoms with Crippen molar-refractivity contribution >= 4 is 17.5 Å². The molecular formula is C24H31N3O6. The molecule has 0 aliphatic carbocycles. The Kier molecular flexibility index (Phi) is 9.20. The van der Waals surface area contributed by atoms with Gasteiger partial charge in [-0.05, 0) is 38.8 Å². The molecule has 33 heavy (non-hydrogen) atoms. The van der Waals surface area contributed by atoms with E-state index in [2.05, 4.69) is 5.32 Å². The minimum Gasteiger partial charge on any atom is -0.490 e. The van der Waals surface area contributed by atoms with Crippen molar-refractivity contribution in [3.63, 3.8) is 0 Å². The van der Waals surface area contributed by atoms with Crippen LogP contribution in [0.5, 0.6) is 11.5 Å². The Bertz CT molecular complexity index is 975. The number of benzene rings is 2. The molecule has 0 radical (unpaired) electrons. The molecule has 0 spiro atoms. The second kappa shape index (κ2) is 11.8. The zero-order valence-corrected chi connectivity index (χ0v) is 19.7. The van der Waals surface area contributed by atoms with E-state index in [1.807, 2.05) is 52.0 Å². The van der Waals surface area contributed by atoms with Crippen molar-refractivity contribution in [2.24, 2.45) is 0 Å². The van der Waals surface area contributed by atoms with Gasteiger partial charge in [-0.2, -0.15) is 0 Å². The summed E-state index contributed by atoms with van der Waals surface area (Å²) in [4.78, 5) is 38.0. The average molecular weight is 458 g/mol. The van der Waals surface area contributed by atoms with Crippen molar-refractivity contribution in [3.05, 3.63) is 63.7 Å². The Morgan fingerprint density at radius 3 is 2.36 bits per heavy atom. The van der Waals surface area contributed by atoms with Gasteiger partial charge in [0.15, 0.2) is 6.61 Å². The van der Waals surface area contributed by atoms with Gasteiger partial charge in [-0.3, -0.25) is 19.7 Å². The number of carbonyl (C=O) groups is 2. The maximum Gasteiger partial charge on any atom is 0.311 e. The van der Waals surface area contributed by atoms with Crippen LogP contribution >= 0.6 is 0 Å². The minimum atomic E-state index is -0.670. The van der Waals surface area contributed by atoms with Gasteiger partial charge in [-0.15, -0.1) is 0 Å². The average Bonchev–Trinajstić information content (AvgIpc) is 2.77. The summed E-state index contributed by atoms with van der Waals surface area (Å²) in [6.45, 7) is 7.46. The van der Waals surface area contributed by atoms with E-state index in [1.165, 1.54) is 30.2 Å². The lowest BCUT2D eigenvalue weighted by Gasteiger charge is -2.31. The fourth-order valence-corrected chi connectivity index (χ4v) is 3.32. The van der Waals surface area contributed by atoms with Crippen molar-refractivity contribution in [2.75, 3.05) is 13.7 Å². The zero-order chi connectivity index (χ0) is 24.5. The lowest BCUT2D eigenvalue weighted by Crippen LogP contribution is -2.51. The highest BCUT2D eigenvalue weighted by molar-refractivity contribution is 5.88. The number of methoxy groups -OCH3 is 1. The predicted molar refractivity (Wildman–Crippen MR) is 124 cm³/mol. The number of hydrogen-bond donors (Lipinski definition) is 1. The van der Waals surface area contributed by atoms with Crippen LogP contribution in [0.2, 0.25) is 0 Å². The fraction of sp³-hybridized carbons (Fsp3) is 0.417. The van der Waals surface area contributed by atoms with Crippen LogP contribution < -0.4 is 14.8 Å². The normalized spacial score (nSPS) is 11.6. The van der Waals surface area contributed by atoms with Gasteiger partial charge in [0.05, 0.1) is 12.0 Å². The van der Waals surface area contributed by atoms with Crippen LogP contribution in [0.15, 0.2) is 42.5 Å². The molecule has 0 aromatic heterocycles. The highest BCUT2D eigenvalue weighted by Crippen LogP contribution is 2.30. The first kappa shape index (κ1) is 25.6. The van der Waals surface area contributed by atoms with Gasteiger partial charge in [0.2, 0.25) is 11.7 Å². The summed E-state index contributed by atoms with van der Waals surface area (Å²) in [6, 6.07) is 11.0. The number of amides is 2. The smallest absolute Gasteiger partial charge is 0.311 e. The quantitative estimate of drug-likeness (QED) is 0.408. The largest absolute Gasteiger partial charge is 0.490 e. The third-order valence-corrected chi connectivity index (χ3v) is 5.00. The highest BCUT2D eigenvalue weighted by Gasteiger charge is 2.29. The van der Waals surface area contributed by atoms with Gasteiger partial charge >= 0.3 is 5.69 Å². The monoisotopic (exact) mass is 457 g/mol. The number of aryl methyl sites for hydroxylation is 1. The van der Waals surface area contributed by atoms with Gasteiger partial charge in [0.25, 0.3) is 5.91 Å². The summed E-state index contributed by atoms with van der Waals surface area (Å²) in [7, 11) is 1.32. The van der Waals surface area contributed by atoms with Crippen molar-refractivity contribution in [1.82, 2.24) is 10.2 Å². The molecule has 9 heteroatoms. The second-order valence-electron chi connectivity index (χ2n) is 7.97. The van der Waals surface area contributed by atoms with Crippen LogP contribution in [-0.2, 0) is 16.1 Å². The maximum absolute atomic E-state index is 13.2. The van der Waals surface area contributed by atoms with Crippen LogP contribution in [0.4, 0.5) is 5.69 Å². The van der Waals surface area contributed by atoms with E-state index in [0.717, 1.165) is 11.1 Å². The molecule has 9 nitrogen and oxygen atoms in total. The van der Waals surface area contributed by atoms with Crippen LogP contribution in [0.25, 0.3) is 0 Å². The molecule has 0 aliphatic rings. The van der Waals surface area contributed by atoms with Gasteiger partial charge in [0.1, 0.15) is 11.8 Å². The molecule has 0 saturated carbocycles. The molecule has 2 aromatic carbocycles. The van der Waals surface area contributed by atoms with E-state index >= 15 is 0 Å². The molecule has 2 rings (SSSR count). The van der Waals surface area contributed by atoms with Crippen molar-refractivity contribution in [3.8, 4) is 11.5 Å². The zero-order valence-electron chi connectivity index (χ0n) is 19.7. The van der Waals surface area contributed by atoms with E-state index < -0.39 is 11.0 Å². The Hall–Kier alpha value is -3.62. The number of nitrogens with one attached hydrogen (secondary N) is 1. The Balaban J connectivity index is 2.24. The molecule has 0 unspecified atom stereocenters. The molecule has 2 amide bonds. The summed E-state index contributed by atoms with van der Waals surface area (Å²) < 4.78 is 10.7. The number of ether oxygens (including phenoxy) is 2. The lowest BCUT2D eigenvalue weighted by molar-refractivity contribution is -0.385. The summed E-state index contributed by atoms with van der Waals surface area (Å²) in [6.07, 6.45) is 0.432. The molecular weight excluding hydrogens is 426 g/mol. The molecule has 1 N–H and O–H groups in total. The molecule has 2 aromatic rings. The minimum absolute atomic E-state index is 0.0317. The number of nitro benzene ring substituents is 1. The highest BCUT2D eigenvalue weighted by atomic mass is 16.6. The third kappa shape index (κ3) is 7.20. The number of carbonyl (C=O) groups excluding carboxylic acids is 2. The fourth-order valence-electron chi connectivity index (χ4n) is 3.32. The standard InChI is InChI=1S/C24H31N3O6/c1-6-20(24(29)25-16(2)3)26(14-18-9-7-17(4)8-10-18)23(28)15-33-19-11-12-21(27(30)31)22(13-19)32-5/h7-13,16,20H,6,14-15H2,1-5H3,(H,25,29)/t20-/m0/s1. The van der Waals surface area contributed by atoms with Crippen molar-refractivity contribution in [1.29, 1.82) is 0 Å². The molecule has 0 saturated heterocycles. The van der Waals surface area contributed by atoms with Gasteiger partial charge in [-0.1, -0.05) is 36.8 Å². The maximum atomic E-state index is 13.2. The summed E-state index contributed by atoms with van der Waals surface area (Å²) in [5, 5.41) is 14.0. The van der Waals surface area contributed by atoms with E-state index in [-0.39, 0.29) is 48.2 Å². The molecule has 0 heterocycles. The van der Waals surface area contributed by atoms with Gasteiger partial charge in [0, 0.05) is 24.7 Å². The first-order chi connectivity index (χ1) is 15.7. The van der Waals surface area contributed by atoms with Gasteiger partial charge < -0.3 is 19.7 Å². The Labute approximate surface area is 193 Å². The third-order valence-electron chi connectivity index (χ3n) is 5.00. The lowest BCUT2D eigenvalue weighted by atomic mass is 10.1. The molecule has 1 atom stereocenters. The Morgan fingerprint density at radius 2 is 1.82 bits per heavy atom. The molecule has 0 fully saturated rings. The number of nitrogens with zero attached hydrogens (tertiary/aromatic N) is 2. The van der Waals surface area contributed by atoms with Crippen LogP contribution in [0.3, 0.4) is 0 Å². The van der Waals surface area contributed by atoms with Crippen LogP contribution in [0.1, 0.15) is 38.3 Å². The van der Waals surface area contributed by atoms with Crippen molar-refractivity contribution in [2.45, 2.75) is 52.7 Å². The first-order valence-corrected chi connectivity index (χ1v) is 10.8. The predicted octanol–water partition coefficient (Wildman–Crippen LogP) is 3.62. The first-order valence-electron chi connectivity index (χ1n) is 10.8. The Morgan fingerprint density at radius 1 is 1.15 bits per heavy atom. The van der Waals surface area contributed by atoms with E-state index in [4.69, 9.17) is 9.47 Å². The van der Waals surface area contributed by atoms with E-state index in [1.54, 1.807) is 0 Å². The van der Waals surface area contributed by atoms with Crippen molar-refractivity contribution < 1.29 is 24.0 Å². The number of rotatable bonds is 11. The number of hydrogen-bond acceptors (Lipinski definition) is 6. The summed E-state index contributed by atoms with van der Waals surface area (Å²) >= 11 is 0. The summed E-state index contributed by atoms with van der Waals surface area (Å²) in [5.74, 6) is -0.325. The molecule has 178 valence electrons. The van der Waals surface area contributed by atoms with E-state index in [9.17, 15) is 19.7 Å². The van der Waals surface area contributed by atoms with Crippen LogP contribution in [0, 0.1) is 17.0 Å². The summed E-state index contributed by atoms with van der Waals surface area (Å²) in [5.41, 5.74) is 1.78. The second-order valence-corrected chi connectivity index (χ2v) is 7.97. The van der Waals surface area contributed by atoms with Crippen LogP contribution in [-0.4, -0.2) is 47.4 Å². The topological polar surface area (TPSA) is 111 Å². The van der Waals surface area contributed by atoms with Gasteiger partial charge in [-0.25, -0.2) is 0 Å². The number of nitro groups is 1. The molecule has 0 aliphatic heterocycles.